The molecule has 1 amide bonds. The number of aromatic nitrogens is 2. The predicted octanol–water partition coefficient (Wildman–Crippen LogP) is 2.04. The summed E-state index contributed by atoms with van der Waals surface area (Å²) in [5.41, 5.74) is 0.345. The molecule has 23 heavy (non-hydrogen) atoms. The molecule has 2 aromatic carbocycles. The van der Waals surface area contributed by atoms with Crippen molar-refractivity contribution in [2.24, 2.45) is 0 Å². The van der Waals surface area contributed by atoms with Gasteiger partial charge in [0.15, 0.2) is 0 Å². The number of nitrogens with one attached hydrogen (secondary N) is 1. The topological polar surface area (TPSA) is 73.2 Å². The van der Waals surface area contributed by atoms with Crippen molar-refractivity contribution in [2.75, 3.05) is 12.4 Å². The lowest BCUT2D eigenvalue weighted by Gasteiger charge is -2.08. The average molecular weight is 309 g/mol. The molecular weight excluding hydrogens is 294 g/mol. The molecule has 0 bridgehead atoms. The van der Waals surface area contributed by atoms with Crippen molar-refractivity contribution < 1.29 is 9.53 Å². The van der Waals surface area contributed by atoms with Crippen molar-refractivity contribution in [1.82, 2.24) is 9.78 Å². The van der Waals surface area contributed by atoms with E-state index in [9.17, 15) is 9.59 Å². The Balaban J connectivity index is 1.77. The van der Waals surface area contributed by atoms with Gasteiger partial charge in [0, 0.05) is 11.1 Å². The summed E-state index contributed by atoms with van der Waals surface area (Å²) >= 11 is 0. The van der Waals surface area contributed by atoms with Crippen LogP contribution in [0.5, 0.6) is 5.75 Å². The maximum Gasteiger partial charge on any atom is 0.275 e. The van der Waals surface area contributed by atoms with Crippen LogP contribution < -0.4 is 15.6 Å². The number of hydrogen-bond donors (Lipinski definition) is 1. The maximum absolute atomic E-state index is 12.3. The quantitative estimate of drug-likeness (QED) is 0.800. The lowest BCUT2D eigenvalue weighted by Crippen LogP contribution is -2.29. The second-order valence-corrected chi connectivity index (χ2v) is 4.97. The standard InChI is InChI=1S/C17H15N3O3/c1-23-14-8-6-13(7-9-14)19-16(21)11-20-17(22)15-5-3-2-4-12(15)10-18-20/h2-10H,11H2,1H3,(H,19,21). The smallest absolute Gasteiger partial charge is 0.275 e. The van der Waals surface area contributed by atoms with Crippen LogP contribution in [-0.4, -0.2) is 22.8 Å². The van der Waals surface area contributed by atoms with Gasteiger partial charge in [0.25, 0.3) is 5.56 Å². The highest BCUT2D eigenvalue weighted by molar-refractivity contribution is 5.90. The number of methoxy groups -OCH3 is 1. The summed E-state index contributed by atoms with van der Waals surface area (Å²) in [6, 6.07) is 14.1. The van der Waals surface area contributed by atoms with Crippen LogP contribution in [0.4, 0.5) is 5.69 Å². The lowest BCUT2D eigenvalue weighted by molar-refractivity contribution is -0.117. The Morgan fingerprint density at radius 2 is 1.91 bits per heavy atom. The van der Waals surface area contributed by atoms with E-state index in [-0.39, 0.29) is 18.0 Å². The molecule has 0 unspecified atom stereocenters. The van der Waals surface area contributed by atoms with E-state index in [1.54, 1.807) is 49.7 Å². The zero-order valence-corrected chi connectivity index (χ0v) is 12.5. The molecule has 0 spiro atoms. The number of nitrogens with zero attached hydrogens (tertiary/aromatic N) is 2. The minimum Gasteiger partial charge on any atom is -0.497 e. The number of rotatable bonds is 4. The second-order valence-electron chi connectivity index (χ2n) is 4.97. The van der Waals surface area contributed by atoms with E-state index in [4.69, 9.17) is 4.74 Å². The van der Waals surface area contributed by atoms with Crippen LogP contribution >= 0.6 is 0 Å². The number of ether oxygens (including phenoxy) is 1. The third-order valence-corrected chi connectivity index (χ3v) is 3.43. The van der Waals surface area contributed by atoms with Gasteiger partial charge in [0.1, 0.15) is 12.3 Å². The molecule has 3 aromatic rings. The van der Waals surface area contributed by atoms with Crippen LogP contribution in [0, 0.1) is 0 Å². The van der Waals surface area contributed by atoms with Gasteiger partial charge in [-0.1, -0.05) is 18.2 Å². The van der Waals surface area contributed by atoms with Crippen molar-refractivity contribution in [2.45, 2.75) is 6.54 Å². The first kappa shape index (κ1) is 14.8. The van der Waals surface area contributed by atoms with Crippen LogP contribution in [0.15, 0.2) is 59.5 Å². The molecule has 1 N–H and O–H groups in total. The highest BCUT2D eigenvalue weighted by Gasteiger charge is 2.08. The Kier molecular flexibility index (Phi) is 4.05. The number of amides is 1. The molecule has 1 aromatic heterocycles. The van der Waals surface area contributed by atoms with Gasteiger partial charge in [-0.15, -0.1) is 0 Å². The molecule has 0 aliphatic heterocycles. The van der Waals surface area contributed by atoms with Crippen LogP contribution in [0.1, 0.15) is 0 Å². The SMILES string of the molecule is COc1ccc(NC(=O)Cn2ncc3ccccc3c2=O)cc1. The minimum absolute atomic E-state index is 0.143. The summed E-state index contributed by atoms with van der Waals surface area (Å²) in [5.74, 6) is 0.385. The summed E-state index contributed by atoms with van der Waals surface area (Å²) < 4.78 is 6.21. The Morgan fingerprint density at radius 1 is 1.17 bits per heavy atom. The molecule has 0 radical (unpaired) electrons. The first-order valence-electron chi connectivity index (χ1n) is 7.06. The first-order valence-corrected chi connectivity index (χ1v) is 7.06. The van der Waals surface area contributed by atoms with Gasteiger partial charge in [-0.2, -0.15) is 5.10 Å². The Morgan fingerprint density at radius 3 is 2.65 bits per heavy atom. The normalized spacial score (nSPS) is 10.5. The van der Waals surface area contributed by atoms with Crippen molar-refractivity contribution >= 4 is 22.4 Å². The number of hydrogen-bond acceptors (Lipinski definition) is 4. The molecule has 0 aliphatic carbocycles. The van der Waals surface area contributed by atoms with Gasteiger partial charge in [-0.25, -0.2) is 4.68 Å². The van der Waals surface area contributed by atoms with Crippen LogP contribution in [0.25, 0.3) is 10.8 Å². The summed E-state index contributed by atoms with van der Waals surface area (Å²) in [6.45, 7) is -0.143. The van der Waals surface area contributed by atoms with E-state index >= 15 is 0 Å². The Labute approximate surface area is 132 Å². The fraction of sp³-hybridized carbons (Fsp3) is 0.118. The minimum atomic E-state index is -0.319. The number of carbonyl (C=O) groups excluding carboxylic acids is 1. The highest BCUT2D eigenvalue weighted by atomic mass is 16.5. The van der Waals surface area contributed by atoms with E-state index < -0.39 is 0 Å². The third-order valence-electron chi connectivity index (χ3n) is 3.43. The molecular formula is C17H15N3O3. The summed E-state index contributed by atoms with van der Waals surface area (Å²) in [6.07, 6.45) is 1.58. The van der Waals surface area contributed by atoms with Gasteiger partial charge in [-0.3, -0.25) is 9.59 Å². The van der Waals surface area contributed by atoms with Crippen molar-refractivity contribution in [3.05, 3.63) is 65.1 Å². The number of benzene rings is 2. The fourth-order valence-electron chi connectivity index (χ4n) is 2.25. The molecule has 0 saturated heterocycles. The van der Waals surface area contributed by atoms with Gasteiger partial charge in [-0.05, 0) is 30.3 Å². The molecule has 1 heterocycles. The summed E-state index contributed by atoms with van der Waals surface area (Å²) in [5, 5.41) is 8.06. The van der Waals surface area contributed by atoms with Gasteiger partial charge in [0.2, 0.25) is 5.91 Å². The third kappa shape index (κ3) is 3.21. The van der Waals surface area contributed by atoms with Crippen LogP contribution in [-0.2, 0) is 11.3 Å². The second kappa shape index (κ2) is 6.31. The zero-order valence-electron chi connectivity index (χ0n) is 12.5. The molecule has 116 valence electrons. The highest BCUT2D eigenvalue weighted by Crippen LogP contribution is 2.15. The number of fused-ring (bicyclic) bond motifs is 1. The Hall–Kier alpha value is -3.15. The maximum atomic E-state index is 12.3. The molecule has 6 nitrogen and oxygen atoms in total. The lowest BCUT2D eigenvalue weighted by atomic mass is 10.2. The van der Waals surface area contributed by atoms with Gasteiger partial charge in [0.05, 0.1) is 18.7 Å². The van der Waals surface area contributed by atoms with E-state index in [2.05, 4.69) is 10.4 Å². The van der Waals surface area contributed by atoms with Gasteiger partial charge >= 0.3 is 0 Å². The predicted molar refractivity (Wildman–Crippen MR) is 87.6 cm³/mol. The Bertz CT molecular complexity index is 901. The summed E-state index contributed by atoms with van der Waals surface area (Å²) in [7, 11) is 1.57. The number of anilines is 1. The van der Waals surface area contributed by atoms with Crippen molar-refractivity contribution in [1.29, 1.82) is 0 Å². The molecule has 6 heteroatoms. The average Bonchev–Trinajstić information content (AvgIpc) is 2.58. The first-order chi connectivity index (χ1) is 11.2. The molecule has 3 rings (SSSR count). The summed E-state index contributed by atoms with van der Waals surface area (Å²) in [4.78, 5) is 24.4. The van der Waals surface area contributed by atoms with E-state index in [0.29, 0.717) is 16.8 Å². The van der Waals surface area contributed by atoms with Crippen molar-refractivity contribution in [3.8, 4) is 5.75 Å². The zero-order chi connectivity index (χ0) is 16.2. The number of carbonyl (C=O) groups is 1. The van der Waals surface area contributed by atoms with Crippen molar-refractivity contribution in [3.63, 3.8) is 0 Å². The van der Waals surface area contributed by atoms with Crippen LogP contribution in [0.2, 0.25) is 0 Å². The molecule has 0 atom stereocenters. The van der Waals surface area contributed by atoms with E-state index in [1.165, 1.54) is 0 Å². The van der Waals surface area contributed by atoms with Crippen LogP contribution in [0.3, 0.4) is 0 Å². The molecule has 0 fully saturated rings. The molecule has 0 saturated carbocycles. The fourth-order valence-corrected chi connectivity index (χ4v) is 2.25. The largest absolute Gasteiger partial charge is 0.497 e. The van der Waals surface area contributed by atoms with Gasteiger partial charge < -0.3 is 10.1 Å². The van der Waals surface area contributed by atoms with E-state index in [0.717, 1.165) is 10.1 Å². The molecule has 0 aliphatic rings. The van der Waals surface area contributed by atoms with E-state index in [1.807, 2.05) is 12.1 Å². The monoisotopic (exact) mass is 309 g/mol.